The predicted molar refractivity (Wildman–Crippen MR) is 154 cm³/mol. The summed E-state index contributed by atoms with van der Waals surface area (Å²) in [5.74, 6) is 0.336. The van der Waals surface area contributed by atoms with Crippen molar-refractivity contribution in [3.05, 3.63) is 59.1 Å². The van der Waals surface area contributed by atoms with Gasteiger partial charge in [0.2, 0.25) is 11.8 Å². The molecule has 0 N–H and O–H groups in total. The van der Waals surface area contributed by atoms with Crippen LogP contribution in [-0.4, -0.2) is 74.0 Å². The van der Waals surface area contributed by atoms with Crippen LogP contribution in [0.3, 0.4) is 0 Å². The Kier molecular flexibility index (Phi) is 14.7. The predicted octanol–water partition coefficient (Wildman–Crippen LogP) is 5.72. The van der Waals surface area contributed by atoms with E-state index in [0.29, 0.717) is 0 Å². The molecule has 0 atom stereocenters. The van der Waals surface area contributed by atoms with E-state index in [1.165, 1.54) is 11.3 Å². The molecule has 36 heavy (non-hydrogen) atoms. The zero-order valence-corrected chi connectivity index (χ0v) is 24.0. The zero-order chi connectivity index (χ0) is 27.1. The summed E-state index contributed by atoms with van der Waals surface area (Å²) in [7, 11) is 0. The summed E-state index contributed by atoms with van der Waals surface area (Å²) in [6.45, 7) is 20.2. The molecule has 4 rings (SSSR count). The van der Waals surface area contributed by atoms with Gasteiger partial charge in [0.05, 0.1) is 10.7 Å². The van der Waals surface area contributed by atoms with Gasteiger partial charge < -0.3 is 19.6 Å². The Morgan fingerprint density at radius 3 is 1.58 bits per heavy atom. The van der Waals surface area contributed by atoms with E-state index in [1.807, 2.05) is 61.8 Å². The van der Waals surface area contributed by atoms with Crippen molar-refractivity contribution in [2.75, 3.05) is 62.2 Å². The lowest BCUT2D eigenvalue weighted by atomic mass is 10.2. The Morgan fingerprint density at radius 2 is 1.14 bits per heavy atom. The maximum atomic E-state index is 11.2. The molecule has 2 aliphatic rings. The smallest absolute Gasteiger partial charge is 0.219 e. The number of piperazine rings is 2. The molecule has 2 fully saturated rings. The van der Waals surface area contributed by atoms with E-state index in [-0.39, 0.29) is 11.8 Å². The van der Waals surface area contributed by atoms with Gasteiger partial charge in [-0.15, -0.1) is 0 Å². The van der Waals surface area contributed by atoms with Crippen LogP contribution >= 0.6 is 11.6 Å². The first kappa shape index (κ1) is 31.3. The summed E-state index contributed by atoms with van der Waals surface area (Å²) in [5, 5.41) is 0.777. The number of aryl methyl sites for hydroxylation is 1. The Bertz CT molecular complexity index is 921. The molecule has 0 radical (unpaired) electrons. The topological polar surface area (TPSA) is 47.1 Å². The molecule has 2 aliphatic heterocycles. The number of hydrogen-bond acceptors (Lipinski definition) is 4. The van der Waals surface area contributed by atoms with Crippen LogP contribution in [0, 0.1) is 6.92 Å². The van der Waals surface area contributed by atoms with Crippen LogP contribution in [0.15, 0.2) is 48.5 Å². The minimum Gasteiger partial charge on any atom is -0.368 e. The third-order valence-electron chi connectivity index (χ3n) is 6.01. The molecule has 2 aromatic carbocycles. The van der Waals surface area contributed by atoms with Crippen LogP contribution in [0.25, 0.3) is 0 Å². The molecule has 0 aromatic heterocycles. The summed E-state index contributed by atoms with van der Waals surface area (Å²) in [6, 6.07) is 16.4. The summed E-state index contributed by atoms with van der Waals surface area (Å²) in [5.41, 5.74) is 3.61. The molecule has 0 bridgehead atoms. The average molecular weight is 517 g/mol. The SMILES string of the molecule is CC.CC.CC(=O)N1CCN(c2cccc(C)c2)CC1.CC(=O)N1CCN(c2ccccc2Cl)CC1. The highest BCUT2D eigenvalue weighted by Gasteiger charge is 2.20. The quantitative estimate of drug-likeness (QED) is 0.511. The molecule has 2 aromatic rings. The maximum Gasteiger partial charge on any atom is 0.219 e. The molecule has 2 heterocycles. The number of carbonyl (C=O) groups excluding carboxylic acids is 2. The number of rotatable bonds is 2. The van der Waals surface area contributed by atoms with Gasteiger partial charge in [0.1, 0.15) is 0 Å². The minimum atomic E-state index is 0.152. The van der Waals surface area contributed by atoms with E-state index in [9.17, 15) is 9.59 Å². The van der Waals surface area contributed by atoms with Gasteiger partial charge in [0, 0.05) is 71.9 Å². The second kappa shape index (κ2) is 16.9. The summed E-state index contributed by atoms with van der Waals surface area (Å²) < 4.78 is 0. The molecule has 6 nitrogen and oxygen atoms in total. The molecule has 2 saturated heterocycles. The number of carbonyl (C=O) groups is 2. The van der Waals surface area contributed by atoms with Crippen molar-refractivity contribution in [2.45, 2.75) is 48.5 Å². The van der Waals surface area contributed by atoms with E-state index in [2.05, 4.69) is 41.0 Å². The molecule has 0 unspecified atom stereocenters. The van der Waals surface area contributed by atoms with Gasteiger partial charge in [-0.2, -0.15) is 0 Å². The average Bonchev–Trinajstić information content (AvgIpc) is 2.92. The zero-order valence-electron chi connectivity index (χ0n) is 23.3. The van der Waals surface area contributed by atoms with Crippen molar-refractivity contribution >= 4 is 34.8 Å². The molecule has 7 heteroatoms. The Labute approximate surface area is 223 Å². The lowest BCUT2D eigenvalue weighted by molar-refractivity contribution is -0.129. The highest BCUT2D eigenvalue weighted by molar-refractivity contribution is 6.33. The third-order valence-corrected chi connectivity index (χ3v) is 6.33. The Hall–Kier alpha value is -2.73. The van der Waals surface area contributed by atoms with E-state index in [4.69, 9.17) is 11.6 Å². The third kappa shape index (κ3) is 9.73. The number of para-hydroxylation sites is 1. The Morgan fingerprint density at radius 1 is 0.667 bits per heavy atom. The summed E-state index contributed by atoms with van der Waals surface area (Å²) in [4.78, 5) is 30.7. The van der Waals surface area contributed by atoms with Gasteiger partial charge in [0.25, 0.3) is 0 Å². The van der Waals surface area contributed by atoms with Gasteiger partial charge in [-0.25, -0.2) is 0 Å². The van der Waals surface area contributed by atoms with Crippen LogP contribution in [0.5, 0.6) is 0 Å². The van der Waals surface area contributed by atoms with Crippen molar-refractivity contribution in [3.63, 3.8) is 0 Å². The normalized spacial score (nSPS) is 14.9. The molecule has 0 saturated carbocycles. The van der Waals surface area contributed by atoms with Gasteiger partial charge in [0.15, 0.2) is 0 Å². The van der Waals surface area contributed by atoms with Gasteiger partial charge in [-0.05, 0) is 36.8 Å². The summed E-state index contributed by atoms with van der Waals surface area (Å²) in [6.07, 6.45) is 0. The second-order valence-electron chi connectivity index (χ2n) is 8.28. The first-order valence-electron chi connectivity index (χ1n) is 13.2. The monoisotopic (exact) mass is 516 g/mol. The molecular weight excluding hydrogens is 472 g/mol. The molecule has 0 spiro atoms. The van der Waals surface area contributed by atoms with Crippen molar-refractivity contribution in [2.24, 2.45) is 0 Å². The second-order valence-corrected chi connectivity index (χ2v) is 8.68. The lowest BCUT2D eigenvalue weighted by Crippen LogP contribution is -2.48. The van der Waals surface area contributed by atoms with E-state index in [0.717, 1.165) is 63.1 Å². The van der Waals surface area contributed by atoms with Crippen LogP contribution < -0.4 is 9.80 Å². The van der Waals surface area contributed by atoms with Gasteiger partial charge >= 0.3 is 0 Å². The number of nitrogens with zero attached hydrogens (tertiary/aromatic N) is 4. The van der Waals surface area contributed by atoms with E-state index in [1.54, 1.807) is 13.8 Å². The number of halogens is 1. The van der Waals surface area contributed by atoms with Crippen LogP contribution in [0.4, 0.5) is 11.4 Å². The standard InChI is InChI=1S/C13H18N2O.C12H15ClN2O.2C2H6/c1-11-4-3-5-13(10-11)15-8-6-14(7-9-15)12(2)16;1-10(16)14-6-8-15(9-7-14)12-5-3-2-4-11(12)13;2*1-2/h3-5,10H,6-9H2,1-2H3;2-5H,6-9H2,1H3;2*1-2H3. The van der Waals surface area contributed by atoms with Crippen molar-refractivity contribution in [1.29, 1.82) is 0 Å². The fourth-order valence-electron chi connectivity index (χ4n) is 4.07. The summed E-state index contributed by atoms with van der Waals surface area (Å²) >= 11 is 6.13. The number of anilines is 2. The molecule has 200 valence electrons. The number of benzene rings is 2. The van der Waals surface area contributed by atoms with E-state index >= 15 is 0 Å². The van der Waals surface area contributed by atoms with E-state index < -0.39 is 0 Å². The van der Waals surface area contributed by atoms with Crippen LogP contribution in [0.2, 0.25) is 5.02 Å². The fourth-order valence-corrected chi connectivity index (χ4v) is 4.33. The Balaban J connectivity index is 0.000000317. The molecular formula is C29H45ClN4O2. The van der Waals surface area contributed by atoms with Crippen LogP contribution in [0.1, 0.15) is 47.1 Å². The lowest BCUT2D eigenvalue weighted by Gasteiger charge is -2.36. The number of amides is 2. The highest BCUT2D eigenvalue weighted by atomic mass is 35.5. The maximum absolute atomic E-state index is 11.2. The molecule has 0 aliphatic carbocycles. The molecule has 2 amide bonds. The van der Waals surface area contributed by atoms with Crippen molar-refractivity contribution in [3.8, 4) is 0 Å². The fraction of sp³-hybridized carbons (Fsp3) is 0.517. The minimum absolute atomic E-state index is 0.152. The van der Waals surface area contributed by atoms with Gasteiger partial charge in [-0.3, -0.25) is 9.59 Å². The first-order valence-corrected chi connectivity index (χ1v) is 13.5. The largest absolute Gasteiger partial charge is 0.368 e. The first-order chi connectivity index (χ1) is 17.3. The van der Waals surface area contributed by atoms with Crippen molar-refractivity contribution in [1.82, 2.24) is 9.80 Å². The number of hydrogen-bond donors (Lipinski definition) is 0. The highest BCUT2D eigenvalue weighted by Crippen LogP contribution is 2.26. The van der Waals surface area contributed by atoms with Crippen molar-refractivity contribution < 1.29 is 9.59 Å². The van der Waals surface area contributed by atoms with Gasteiger partial charge in [-0.1, -0.05) is 63.6 Å². The van der Waals surface area contributed by atoms with Crippen LogP contribution in [-0.2, 0) is 9.59 Å².